The van der Waals surface area contributed by atoms with Crippen LogP contribution in [0.3, 0.4) is 0 Å². The Morgan fingerprint density at radius 1 is 1.17 bits per heavy atom. The second-order valence-corrected chi connectivity index (χ2v) is 5.25. The monoisotopic (exact) mass is 242 g/mol. The highest BCUT2D eigenvalue weighted by molar-refractivity contribution is 6.04. The number of hydrogen-bond acceptors (Lipinski definition) is 2. The molecule has 1 aromatic carbocycles. The predicted molar refractivity (Wildman–Crippen MR) is 70.3 cm³/mol. The summed E-state index contributed by atoms with van der Waals surface area (Å²) in [6.07, 6.45) is 7.99. The minimum absolute atomic E-state index is 0.0595. The number of rotatable bonds is 2. The molecule has 1 aliphatic heterocycles. The minimum Gasteiger partial charge on any atom is -0.494 e. The molecule has 2 nitrogen and oxygen atoms in total. The van der Waals surface area contributed by atoms with Crippen molar-refractivity contribution in [1.29, 1.82) is 0 Å². The molecule has 0 unspecified atom stereocenters. The summed E-state index contributed by atoms with van der Waals surface area (Å²) in [5.41, 5.74) is 0.739. The van der Waals surface area contributed by atoms with Crippen LogP contribution in [-0.2, 0) is 4.74 Å². The van der Waals surface area contributed by atoms with Crippen molar-refractivity contribution in [3.63, 3.8) is 0 Å². The van der Waals surface area contributed by atoms with Crippen molar-refractivity contribution < 1.29 is 9.53 Å². The molecule has 18 heavy (non-hydrogen) atoms. The van der Waals surface area contributed by atoms with Crippen LogP contribution in [0.5, 0.6) is 0 Å². The third-order valence-electron chi connectivity index (χ3n) is 3.96. The molecule has 1 aliphatic carbocycles. The topological polar surface area (TPSA) is 26.3 Å². The molecule has 1 saturated heterocycles. The largest absolute Gasteiger partial charge is 0.494 e. The lowest BCUT2D eigenvalue weighted by Gasteiger charge is -2.22. The van der Waals surface area contributed by atoms with E-state index in [1.54, 1.807) is 6.08 Å². The van der Waals surface area contributed by atoms with E-state index in [0.29, 0.717) is 12.0 Å². The molecule has 0 aromatic heterocycles. The molecular weight excluding hydrogens is 224 g/mol. The highest BCUT2D eigenvalue weighted by atomic mass is 16.5. The fourth-order valence-corrected chi connectivity index (χ4v) is 2.99. The maximum Gasteiger partial charge on any atom is 0.189 e. The zero-order valence-electron chi connectivity index (χ0n) is 10.5. The van der Waals surface area contributed by atoms with E-state index in [1.807, 2.05) is 30.3 Å². The number of hydrogen-bond donors (Lipinski definition) is 0. The van der Waals surface area contributed by atoms with Gasteiger partial charge in [0.25, 0.3) is 0 Å². The lowest BCUT2D eigenvalue weighted by Crippen LogP contribution is -2.19. The van der Waals surface area contributed by atoms with Gasteiger partial charge in [0.05, 0.1) is 0 Å². The van der Waals surface area contributed by atoms with E-state index in [9.17, 15) is 4.79 Å². The normalized spacial score (nSPS) is 28.8. The first-order chi connectivity index (χ1) is 8.83. The number of fused-ring (bicyclic) bond motifs is 1. The van der Waals surface area contributed by atoms with Crippen LogP contribution in [0.15, 0.2) is 42.2 Å². The Morgan fingerprint density at radius 2 is 1.94 bits per heavy atom. The Bertz CT molecular complexity index is 445. The Morgan fingerprint density at radius 3 is 2.72 bits per heavy atom. The van der Waals surface area contributed by atoms with Gasteiger partial charge in [-0.05, 0) is 19.3 Å². The van der Waals surface area contributed by atoms with Gasteiger partial charge >= 0.3 is 0 Å². The van der Waals surface area contributed by atoms with Crippen LogP contribution in [0.4, 0.5) is 0 Å². The molecule has 0 radical (unpaired) electrons. The number of carbonyl (C=O) groups is 1. The van der Waals surface area contributed by atoms with Crippen LogP contribution in [0, 0.1) is 5.92 Å². The first-order valence-corrected chi connectivity index (χ1v) is 6.79. The van der Waals surface area contributed by atoms with Crippen LogP contribution in [-0.4, -0.2) is 11.9 Å². The van der Waals surface area contributed by atoms with Gasteiger partial charge in [-0.15, -0.1) is 0 Å². The summed E-state index contributed by atoms with van der Waals surface area (Å²) in [5.74, 6) is 1.60. The van der Waals surface area contributed by atoms with Crippen molar-refractivity contribution in [1.82, 2.24) is 0 Å². The minimum atomic E-state index is 0.0595. The van der Waals surface area contributed by atoms with Gasteiger partial charge in [-0.2, -0.15) is 0 Å². The Kier molecular flexibility index (Phi) is 3.18. The maximum atomic E-state index is 12.0. The quantitative estimate of drug-likeness (QED) is 0.583. The molecule has 3 rings (SSSR count). The highest BCUT2D eigenvalue weighted by Crippen LogP contribution is 2.39. The van der Waals surface area contributed by atoms with Crippen molar-refractivity contribution in [2.45, 2.75) is 38.2 Å². The molecule has 0 spiro atoms. The van der Waals surface area contributed by atoms with Crippen LogP contribution in [0.2, 0.25) is 0 Å². The zero-order chi connectivity index (χ0) is 12.4. The van der Waals surface area contributed by atoms with Gasteiger partial charge in [0, 0.05) is 24.0 Å². The Hall–Kier alpha value is -1.57. The summed E-state index contributed by atoms with van der Waals surface area (Å²) in [6.45, 7) is 0. The molecule has 0 bridgehead atoms. The summed E-state index contributed by atoms with van der Waals surface area (Å²) in [4.78, 5) is 12.0. The first kappa shape index (κ1) is 11.5. The van der Waals surface area contributed by atoms with Crippen LogP contribution >= 0.6 is 0 Å². The molecule has 2 atom stereocenters. The summed E-state index contributed by atoms with van der Waals surface area (Å²) < 4.78 is 5.90. The molecule has 0 N–H and O–H groups in total. The van der Waals surface area contributed by atoms with Gasteiger partial charge in [0.2, 0.25) is 0 Å². The molecule has 0 amide bonds. The van der Waals surface area contributed by atoms with E-state index in [2.05, 4.69) is 0 Å². The third kappa shape index (κ3) is 2.33. The highest BCUT2D eigenvalue weighted by Gasteiger charge is 2.34. The smallest absolute Gasteiger partial charge is 0.189 e. The van der Waals surface area contributed by atoms with Gasteiger partial charge < -0.3 is 4.74 Å². The lowest BCUT2D eigenvalue weighted by atomic mass is 9.86. The second kappa shape index (κ2) is 4.97. The first-order valence-electron chi connectivity index (χ1n) is 6.79. The van der Waals surface area contributed by atoms with E-state index in [4.69, 9.17) is 4.74 Å². The molecule has 1 heterocycles. The maximum absolute atomic E-state index is 12.0. The van der Waals surface area contributed by atoms with Crippen LogP contribution < -0.4 is 0 Å². The summed E-state index contributed by atoms with van der Waals surface area (Å²) in [7, 11) is 0. The van der Waals surface area contributed by atoms with Crippen molar-refractivity contribution >= 4 is 5.78 Å². The summed E-state index contributed by atoms with van der Waals surface area (Å²) in [6, 6.07) is 9.40. The third-order valence-corrected chi connectivity index (χ3v) is 3.96. The number of allylic oxidation sites excluding steroid dienone is 2. The molecular formula is C16H18O2. The molecule has 2 aliphatic rings. The van der Waals surface area contributed by atoms with Crippen LogP contribution in [0.25, 0.3) is 0 Å². The van der Waals surface area contributed by atoms with Crippen molar-refractivity contribution in [3.8, 4) is 0 Å². The van der Waals surface area contributed by atoms with E-state index >= 15 is 0 Å². The molecule has 94 valence electrons. The van der Waals surface area contributed by atoms with Crippen molar-refractivity contribution in [2.75, 3.05) is 0 Å². The number of ether oxygens (including phenoxy) is 1. The van der Waals surface area contributed by atoms with Gasteiger partial charge in [-0.25, -0.2) is 0 Å². The van der Waals surface area contributed by atoms with Gasteiger partial charge in [-0.1, -0.05) is 36.8 Å². The SMILES string of the molecule is O=C(/C=C1/C[C@@H]2CCCC[C@H]2O1)c1ccccc1. The van der Waals surface area contributed by atoms with Crippen LogP contribution in [0.1, 0.15) is 42.5 Å². The van der Waals surface area contributed by atoms with Gasteiger partial charge in [0.15, 0.2) is 5.78 Å². The average molecular weight is 242 g/mol. The Balaban J connectivity index is 1.72. The van der Waals surface area contributed by atoms with Gasteiger partial charge in [-0.3, -0.25) is 4.79 Å². The lowest BCUT2D eigenvalue weighted by molar-refractivity contribution is 0.0942. The van der Waals surface area contributed by atoms with E-state index in [0.717, 1.165) is 24.2 Å². The van der Waals surface area contributed by atoms with E-state index < -0.39 is 0 Å². The summed E-state index contributed by atoms with van der Waals surface area (Å²) in [5, 5.41) is 0. The fraction of sp³-hybridized carbons (Fsp3) is 0.438. The fourth-order valence-electron chi connectivity index (χ4n) is 2.99. The number of ketones is 1. The van der Waals surface area contributed by atoms with Crippen molar-refractivity contribution in [3.05, 3.63) is 47.7 Å². The van der Waals surface area contributed by atoms with Gasteiger partial charge in [0.1, 0.15) is 11.9 Å². The summed E-state index contributed by atoms with van der Waals surface area (Å²) >= 11 is 0. The molecule has 2 fully saturated rings. The standard InChI is InChI=1S/C16H18O2/c17-15(12-6-2-1-3-7-12)11-14-10-13-8-4-5-9-16(13)18-14/h1-3,6-7,11,13,16H,4-5,8-10H2/b14-11-/t13-,16+/m0/s1. The molecule has 1 saturated carbocycles. The van der Waals surface area contributed by atoms with Crippen molar-refractivity contribution in [2.24, 2.45) is 5.92 Å². The Labute approximate surface area is 108 Å². The zero-order valence-corrected chi connectivity index (χ0v) is 10.5. The second-order valence-electron chi connectivity index (χ2n) is 5.25. The molecule has 2 heteroatoms. The number of carbonyl (C=O) groups excluding carboxylic acids is 1. The number of benzene rings is 1. The van der Waals surface area contributed by atoms with E-state index in [1.165, 1.54) is 19.3 Å². The predicted octanol–water partition coefficient (Wildman–Crippen LogP) is 3.73. The van der Waals surface area contributed by atoms with E-state index in [-0.39, 0.29) is 5.78 Å². The molecule has 1 aromatic rings. The average Bonchev–Trinajstić information content (AvgIpc) is 2.82.